The molecule has 4 rings (SSSR count). The van der Waals surface area contributed by atoms with Crippen LogP contribution in [0.1, 0.15) is 38.4 Å². The van der Waals surface area contributed by atoms with E-state index in [1.165, 1.54) is 0 Å². The van der Waals surface area contributed by atoms with E-state index in [0.29, 0.717) is 32.0 Å². The van der Waals surface area contributed by atoms with Gasteiger partial charge in [0.2, 0.25) is 10.0 Å². The molecule has 0 aliphatic carbocycles. The first kappa shape index (κ1) is 21.1. The molecule has 0 bridgehead atoms. The molecular formula is C20H29F2N3O3S. The van der Waals surface area contributed by atoms with Crippen LogP contribution in [-0.4, -0.2) is 67.2 Å². The smallest absolute Gasteiger partial charge is 0.216 e. The molecule has 3 aliphatic rings. The fraction of sp³-hybridized carbons (Fsp3) is 0.700. The number of sulfonamides is 1. The lowest BCUT2D eigenvalue weighted by Gasteiger charge is -2.39. The van der Waals surface area contributed by atoms with Gasteiger partial charge in [0.15, 0.2) is 0 Å². The molecule has 3 fully saturated rings. The first-order chi connectivity index (χ1) is 13.7. The van der Waals surface area contributed by atoms with Gasteiger partial charge >= 0.3 is 0 Å². The average Bonchev–Trinajstić information content (AvgIpc) is 3.24. The largest absolute Gasteiger partial charge is 0.370 e. The van der Waals surface area contributed by atoms with E-state index in [4.69, 9.17) is 10.5 Å². The van der Waals surface area contributed by atoms with Gasteiger partial charge in [0, 0.05) is 43.3 Å². The number of nitrogens with two attached hydrogens (primary N) is 1. The molecule has 3 saturated heterocycles. The van der Waals surface area contributed by atoms with Crippen molar-refractivity contribution in [3.05, 3.63) is 35.4 Å². The minimum atomic E-state index is -3.28. The van der Waals surface area contributed by atoms with Gasteiger partial charge in [-0.25, -0.2) is 17.2 Å². The van der Waals surface area contributed by atoms with Gasteiger partial charge in [0.25, 0.3) is 0 Å². The lowest BCUT2D eigenvalue weighted by atomic mass is 9.93. The Morgan fingerprint density at radius 1 is 1.24 bits per heavy atom. The number of halogens is 2. The molecule has 29 heavy (non-hydrogen) atoms. The van der Waals surface area contributed by atoms with E-state index in [0.717, 1.165) is 31.2 Å². The third-order valence-electron chi connectivity index (χ3n) is 6.63. The quantitative estimate of drug-likeness (QED) is 0.791. The minimum absolute atomic E-state index is 0.00277. The molecule has 1 aromatic carbocycles. The van der Waals surface area contributed by atoms with Crippen LogP contribution < -0.4 is 5.73 Å². The van der Waals surface area contributed by atoms with Gasteiger partial charge in [0.1, 0.15) is 17.7 Å². The van der Waals surface area contributed by atoms with Gasteiger partial charge < -0.3 is 10.5 Å². The summed E-state index contributed by atoms with van der Waals surface area (Å²) in [6.45, 7) is 5.87. The summed E-state index contributed by atoms with van der Waals surface area (Å²) >= 11 is 0. The normalized spacial score (nSPS) is 34.1. The van der Waals surface area contributed by atoms with Crippen LogP contribution in [-0.2, 0) is 14.8 Å². The zero-order chi connectivity index (χ0) is 20.9. The highest BCUT2D eigenvalue weighted by Crippen LogP contribution is 2.38. The molecule has 1 aromatic rings. The van der Waals surface area contributed by atoms with Crippen LogP contribution >= 0.6 is 0 Å². The van der Waals surface area contributed by atoms with Gasteiger partial charge in [-0.1, -0.05) is 0 Å². The second-order valence-corrected chi connectivity index (χ2v) is 11.2. The van der Waals surface area contributed by atoms with Crippen LogP contribution in [0.4, 0.5) is 8.78 Å². The van der Waals surface area contributed by atoms with E-state index in [1.54, 1.807) is 18.2 Å². The van der Waals surface area contributed by atoms with E-state index >= 15 is 0 Å². The van der Waals surface area contributed by atoms with Gasteiger partial charge in [-0.05, 0) is 50.8 Å². The van der Waals surface area contributed by atoms with Crippen molar-refractivity contribution in [3.63, 3.8) is 0 Å². The molecule has 2 unspecified atom stereocenters. The molecule has 0 spiro atoms. The highest BCUT2D eigenvalue weighted by molar-refractivity contribution is 7.89. The number of benzene rings is 1. The Morgan fingerprint density at radius 3 is 2.69 bits per heavy atom. The van der Waals surface area contributed by atoms with Crippen molar-refractivity contribution in [2.24, 2.45) is 11.7 Å². The van der Waals surface area contributed by atoms with Crippen LogP contribution in [0, 0.1) is 17.6 Å². The molecule has 162 valence electrons. The van der Waals surface area contributed by atoms with E-state index < -0.39 is 39.1 Å². The maximum absolute atomic E-state index is 14.1. The predicted molar refractivity (Wildman–Crippen MR) is 106 cm³/mol. The monoisotopic (exact) mass is 429 g/mol. The molecule has 0 amide bonds. The van der Waals surface area contributed by atoms with Crippen molar-refractivity contribution >= 4 is 10.0 Å². The fourth-order valence-electron chi connectivity index (χ4n) is 4.99. The lowest BCUT2D eigenvalue weighted by Crippen LogP contribution is -2.50. The molecule has 9 heteroatoms. The van der Waals surface area contributed by atoms with Gasteiger partial charge in [-0.15, -0.1) is 0 Å². The molecule has 0 aromatic heterocycles. The highest BCUT2D eigenvalue weighted by Gasteiger charge is 2.49. The third kappa shape index (κ3) is 3.83. The summed E-state index contributed by atoms with van der Waals surface area (Å²) in [5, 5.41) is -0.427. The first-order valence-electron chi connectivity index (χ1n) is 10.2. The number of nitrogens with zero attached hydrogens (tertiary/aromatic N) is 2. The number of ether oxygens (including phenoxy) is 1. The number of fused-ring (bicyclic) bond motifs is 1. The van der Waals surface area contributed by atoms with Gasteiger partial charge in [-0.2, -0.15) is 4.31 Å². The van der Waals surface area contributed by atoms with Crippen molar-refractivity contribution in [2.45, 2.75) is 56.2 Å². The molecule has 0 saturated carbocycles. The Kier molecular flexibility index (Phi) is 5.71. The van der Waals surface area contributed by atoms with Crippen molar-refractivity contribution in [3.8, 4) is 0 Å². The number of rotatable bonds is 4. The minimum Gasteiger partial charge on any atom is -0.370 e. The summed E-state index contributed by atoms with van der Waals surface area (Å²) < 4.78 is 60.6. The molecule has 5 atom stereocenters. The topological polar surface area (TPSA) is 75.9 Å². The molecule has 2 N–H and O–H groups in total. The zero-order valence-corrected chi connectivity index (χ0v) is 17.6. The van der Waals surface area contributed by atoms with E-state index in [9.17, 15) is 17.2 Å². The standard InChI is InChI=1S/C20H29F2N3O3S/c1-12(2)29(26,27)25-6-5-13-9-24(10-19(13)25)15-8-18(23)20(28-11-15)16-7-14(21)3-4-17(16)22/h3-4,7,12-13,15,18-20H,5-6,8-11,23H2,1-2H3/t13?,15-,18+,19?,20-/m1/s1. The first-order valence-corrected chi connectivity index (χ1v) is 11.8. The zero-order valence-electron chi connectivity index (χ0n) is 16.8. The van der Waals surface area contributed by atoms with Crippen LogP contribution in [0.5, 0.6) is 0 Å². The predicted octanol–water partition coefficient (Wildman–Crippen LogP) is 1.87. The van der Waals surface area contributed by atoms with Gasteiger partial charge in [0.05, 0.1) is 11.9 Å². The Balaban J connectivity index is 1.43. The number of hydrogen-bond acceptors (Lipinski definition) is 5. The highest BCUT2D eigenvalue weighted by atomic mass is 32.2. The van der Waals surface area contributed by atoms with Crippen LogP contribution in [0.25, 0.3) is 0 Å². The molecule has 6 nitrogen and oxygen atoms in total. The summed E-state index contributed by atoms with van der Waals surface area (Å²) in [6, 6.07) is 2.91. The Morgan fingerprint density at radius 2 is 2.00 bits per heavy atom. The average molecular weight is 430 g/mol. The van der Waals surface area contributed by atoms with E-state index in [-0.39, 0.29) is 17.6 Å². The number of hydrogen-bond donors (Lipinski definition) is 1. The maximum atomic E-state index is 14.1. The summed E-state index contributed by atoms with van der Waals surface area (Å²) in [4.78, 5) is 2.26. The lowest BCUT2D eigenvalue weighted by molar-refractivity contribution is -0.0485. The van der Waals surface area contributed by atoms with Crippen molar-refractivity contribution in [2.75, 3.05) is 26.2 Å². The van der Waals surface area contributed by atoms with Crippen LogP contribution in [0.15, 0.2) is 18.2 Å². The second kappa shape index (κ2) is 7.85. The van der Waals surface area contributed by atoms with Crippen LogP contribution in [0.3, 0.4) is 0 Å². The van der Waals surface area contributed by atoms with Gasteiger partial charge in [-0.3, -0.25) is 4.90 Å². The van der Waals surface area contributed by atoms with E-state index in [1.807, 2.05) is 0 Å². The molecule has 3 heterocycles. The molecule has 3 aliphatic heterocycles. The van der Waals surface area contributed by atoms with Crippen LogP contribution in [0.2, 0.25) is 0 Å². The summed E-state index contributed by atoms with van der Waals surface area (Å²) in [5.41, 5.74) is 6.45. The maximum Gasteiger partial charge on any atom is 0.216 e. The Hall–Kier alpha value is -1.13. The van der Waals surface area contributed by atoms with Crippen molar-refractivity contribution < 1.29 is 21.9 Å². The molecular weight excluding hydrogens is 400 g/mol. The van der Waals surface area contributed by atoms with Crippen molar-refractivity contribution in [1.82, 2.24) is 9.21 Å². The Labute approximate surface area is 171 Å². The Bertz CT molecular complexity index is 867. The van der Waals surface area contributed by atoms with Crippen molar-refractivity contribution in [1.29, 1.82) is 0 Å². The molecule has 0 radical (unpaired) electrons. The summed E-state index contributed by atoms with van der Waals surface area (Å²) in [7, 11) is -3.28. The fourth-order valence-corrected chi connectivity index (χ4v) is 6.51. The second-order valence-electron chi connectivity index (χ2n) is 8.75. The summed E-state index contributed by atoms with van der Waals surface area (Å²) in [5.74, 6) is -0.716. The van der Waals surface area contributed by atoms with E-state index in [2.05, 4.69) is 4.90 Å². The SMILES string of the molecule is CC(C)S(=O)(=O)N1CCC2CN([C@H]3CO[C@H](c4cc(F)ccc4F)[C@@H](N)C3)CC21. The third-order valence-corrected chi connectivity index (χ3v) is 8.93. The number of likely N-dealkylation sites (tertiary alicyclic amines) is 1. The summed E-state index contributed by atoms with van der Waals surface area (Å²) in [6.07, 6.45) is 0.780.